The number of nitrogens with zero attached hydrogens (tertiary/aromatic N) is 3. The van der Waals surface area contributed by atoms with E-state index >= 15 is 0 Å². The normalized spacial score (nSPS) is 18.4. The number of amides is 3. The van der Waals surface area contributed by atoms with Gasteiger partial charge in [0.1, 0.15) is 6.54 Å². The molecule has 3 rings (SSSR count). The summed E-state index contributed by atoms with van der Waals surface area (Å²) in [5.41, 5.74) is -0.409. The highest BCUT2D eigenvalue weighted by Gasteiger charge is 2.37. The Balaban J connectivity index is 1.83. The van der Waals surface area contributed by atoms with Crippen LogP contribution in [0.4, 0.5) is 10.5 Å². The number of methoxy groups -OCH3 is 1. The van der Waals surface area contributed by atoms with Gasteiger partial charge in [0.15, 0.2) is 11.5 Å². The molecule has 1 N–H and O–H groups in total. The maximum atomic E-state index is 12.6. The molecule has 2 fully saturated rings. The second-order valence-corrected chi connectivity index (χ2v) is 7.10. The number of hydrogen-bond acceptors (Lipinski definition) is 9. The minimum absolute atomic E-state index is 0.0546. The number of phenolic OH excluding ortho intramolecular Hbond substituents is 1. The molecule has 12 heteroatoms. The summed E-state index contributed by atoms with van der Waals surface area (Å²) in [6.07, 6.45) is 1.16. The van der Waals surface area contributed by atoms with Crippen molar-refractivity contribution in [1.82, 2.24) is 9.80 Å². The van der Waals surface area contributed by atoms with Crippen LogP contribution >= 0.6 is 11.8 Å². The van der Waals surface area contributed by atoms with Crippen molar-refractivity contribution in [1.29, 1.82) is 0 Å². The zero-order chi connectivity index (χ0) is 21.1. The second-order valence-electron chi connectivity index (χ2n) is 6.10. The van der Waals surface area contributed by atoms with Crippen molar-refractivity contribution in [2.45, 2.75) is 0 Å². The molecule has 2 aliphatic rings. The third kappa shape index (κ3) is 4.32. The van der Waals surface area contributed by atoms with Gasteiger partial charge in [-0.2, -0.15) is 0 Å². The summed E-state index contributed by atoms with van der Waals surface area (Å²) < 4.78 is 10.1. The number of rotatable bonds is 5. The second kappa shape index (κ2) is 8.49. The fraction of sp³-hybridized carbons (Fsp3) is 0.353. The molecule has 1 aromatic carbocycles. The fourth-order valence-electron chi connectivity index (χ4n) is 2.81. The number of aromatic hydroxyl groups is 1. The van der Waals surface area contributed by atoms with Crippen molar-refractivity contribution in [2.75, 3.05) is 40.0 Å². The van der Waals surface area contributed by atoms with Crippen LogP contribution in [-0.4, -0.2) is 76.8 Å². The summed E-state index contributed by atoms with van der Waals surface area (Å²) in [6, 6.07) is 2.10. The molecule has 0 spiro atoms. The van der Waals surface area contributed by atoms with Gasteiger partial charge in [-0.05, 0) is 17.8 Å². The predicted molar refractivity (Wildman–Crippen MR) is 101 cm³/mol. The van der Waals surface area contributed by atoms with E-state index in [-0.39, 0.29) is 27.8 Å². The highest BCUT2D eigenvalue weighted by molar-refractivity contribution is 8.18. The number of carbonyl (C=O) groups excluding carboxylic acids is 3. The smallest absolute Gasteiger partial charge is 0.294 e. The Labute approximate surface area is 169 Å². The Morgan fingerprint density at radius 3 is 2.69 bits per heavy atom. The van der Waals surface area contributed by atoms with Crippen molar-refractivity contribution in [3.8, 4) is 11.5 Å². The average Bonchev–Trinajstić information content (AvgIpc) is 2.97. The van der Waals surface area contributed by atoms with Gasteiger partial charge in [0.2, 0.25) is 5.91 Å². The van der Waals surface area contributed by atoms with Crippen LogP contribution in [0.25, 0.3) is 6.08 Å². The summed E-state index contributed by atoms with van der Waals surface area (Å²) >= 11 is 0.583. The number of morpholine rings is 1. The van der Waals surface area contributed by atoms with Crippen LogP contribution in [0.5, 0.6) is 11.5 Å². The van der Waals surface area contributed by atoms with Gasteiger partial charge in [0, 0.05) is 24.7 Å². The van der Waals surface area contributed by atoms with Crippen molar-refractivity contribution in [3.05, 3.63) is 32.7 Å². The van der Waals surface area contributed by atoms with Crippen LogP contribution in [0.1, 0.15) is 5.56 Å². The van der Waals surface area contributed by atoms with E-state index in [4.69, 9.17) is 9.47 Å². The molecule has 2 saturated heterocycles. The lowest BCUT2D eigenvalue weighted by Gasteiger charge is -2.28. The Hall–Kier alpha value is -3.12. The molecule has 29 heavy (non-hydrogen) atoms. The topological polar surface area (TPSA) is 140 Å². The third-order valence-corrected chi connectivity index (χ3v) is 5.24. The highest BCUT2D eigenvalue weighted by atomic mass is 32.2. The summed E-state index contributed by atoms with van der Waals surface area (Å²) in [5.74, 6) is -1.65. The van der Waals surface area contributed by atoms with E-state index in [1.807, 2.05) is 0 Å². The molecule has 0 atom stereocenters. The molecule has 0 aliphatic carbocycles. The molecule has 2 aliphatic heterocycles. The van der Waals surface area contributed by atoms with Crippen LogP contribution in [0.2, 0.25) is 0 Å². The Morgan fingerprint density at radius 1 is 1.38 bits per heavy atom. The van der Waals surface area contributed by atoms with Gasteiger partial charge < -0.3 is 19.5 Å². The van der Waals surface area contributed by atoms with Gasteiger partial charge in [0.05, 0.1) is 36.2 Å². The number of carbonyl (C=O) groups is 3. The first-order valence-electron chi connectivity index (χ1n) is 8.48. The monoisotopic (exact) mass is 423 g/mol. The fourth-order valence-corrected chi connectivity index (χ4v) is 3.64. The van der Waals surface area contributed by atoms with E-state index in [9.17, 15) is 29.6 Å². The number of benzene rings is 1. The van der Waals surface area contributed by atoms with Crippen LogP contribution < -0.4 is 4.74 Å². The van der Waals surface area contributed by atoms with E-state index in [2.05, 4.69) is 0 Å². The molecule has 0 saturated carbocycles. The van der Waals surface area contributed by atoms with E-state index < -0.39 is 28.4 Å². The van der Waals surface area contributed by atoms with Gasteiger partial charge >= 0.3 is 0 Å². The number of phenols is 1. The van der Waals surface area contributed by atoms with Crippen molar-refractivity contribution >= 4 is 40.6 Å². The number of imide groups is 1. The average molecular weight is 423 g/mol. The van der Waals surface area contributed by atoms with Gasteiger partial charge in [-0.1, -0.05) is 0 Å². The number of thioether (sulfide) groups is 1. The molecule has 11 nitrogen and oxygen atoms in total. The molecule has 0 bridgehead atoms. The third-order valence-electron chi connectivity index (χ3n) is 4.34. The van der Waals surface area contributed by atoms with Crippen molar-refractivity contribution < 1.29 is 33.9 Å². The van der Waals surface area contributed by atoms with E-state index in [1.165, 1.54) is 12.0 Å². The van der Waals surface area contributed by atoms with Crippen LogP contribution in [0.3, 0.4) is 0 Å². The zero-order valence-corrected chi connectivity index (χ0v) is 16.1. The quantitative estimate of drug-likeness (QED) is 0.420. The zero-order valence-electron chi connectivity index (χ0n) is 15.3. The molecule has 0 aromatic heterocycles. The molecular formula is C17H17N3O8S. The summed E-state index contributed by atoms with van der Waals surface area (Å²) in [6.45, 7) is 1.13. The maximum absolute atomic E-state index is 12.6. The number of non-ortho nitro benzene ring substituents is 1. The minimum Gasteiger partial charge on any atom is -0.504 e. The molecule has 3 amide bonds. The lowest BCUT2D eigenvalue weighted by Crippen LogP contribution is -2.46. The van der Waals surface area contributed by atoms with Gasteiger partial charge in [-0.25, -0.2) is 0 Å². The molecular weight excluding hydrogens is 406 g/mol. The van der Waals surface area contributed by atoms with Gasteiger partial charge in [0.25, 0.3) is 16.8 Å². The van der Waals surface area contributed by atoms with Gasteiger partial charge in [-0.15, -0.1) is 0 Å². The molecule has 0 unspecified atom stereocenters. The first-order valence-corrected chi connectivity index (χ1v) is 9.29. The summed E-state index contributed by atoms with van der Waals surface area (Å²) in [7, 11) is 1.23. The SMILES string of the molecule is COc1cc([N+](=O)[O-])cc(/C=C2\SC(=O)N(CC(=O)N3CCOCC3)C2=O)c1O. The number of nitro benzene ring substituents is 1. The summed E-state index contributed by atoms with van der Waals surface area (Å²) in [5, 5.41) is 20.6. The standard InChI is InChI=1S/C17H17N3O8S/c1-27-12-8-11(20(25)26)6-10(15(12)22)7-13-16(23)19(17(24)29-13)9-14(21)18-2-4-28-5-3-18/h6-8,22H,2-5,9H2,1H3/b13-7-. The van der Waals surface area contributed by atoms with Gasteiger partial charge in [-0.3, -0.25) is 29.4 Å². The summed E-state index contributed by atoms with van der Waals surface area (Å²) in [4.78, 5) is 49.8. The van der Waals surface area contributed by atoms with E-state index in [0.717, 1.165) is 23.1 Å². The Morgan fingerprint density at radius 2 is 2.07 bits per heavy atom. The van der Waals surface area contributed by atoms with Crippen LogP contribution in [0, 0.1) is 10.1 Å². The molecule has 154 valence electrons. The highest BCUT2D eigenvalue weighted by Crippen LogP contribution is 2.39. The Bertz CT molecular complexity index is 910. The first kappa shape index (κ1) is 20.6. The number of ether oxygens (including phenoxy) is 2. The maximum Gasteiger partial charge on any atom is 0.294 e. The van der Waals surface area contributed by atoms with Crippen molar-refractivity contribution in [2.24, 2.45) is 0 Å². The van der Waals surface area contributed by atoms with E-state index in [0.29, 0.717) is 38.1 Å². The van der Waals surface area contributed by atoms with Crippen molar-refractivity contribution in [3.63, 3.8) is 0 Å². The van der Waals surface area contributed by atoms with Crippen LogP contribution in [0.15, 0.2) is 17.0 Å². The number of nitro groups is 1. The largest absolute Gasteiger partial charge is 0.504 e. The molecule has 1 aromatic rings. The first-order chi connectivity index (χ1) is 13.8. The lowest BCUT2D eigenvalue weighted by atomic mass is 10.1. The molecule has 2 heterocycles. The lowest BCUT2D eigenvalue weighted by molar-refractivity contribution is -0.385. The van der Waals surface area contributed by atoms with Crippen LogP contribution in [-0.2, 0) is 14.3 Å². The molecule has 0 radical (unpaired) electrons. The number of hydrogen-bond donors (Lipinski definition) is 1. The predicted octanol–water partition coefficient (Wildman–Crippen LogP) is 1.20. The van der Waals surface area contributed by atoms with E-state index in [1.54, 1.807) is 0 Å². The minimum atomic E-state index is -0.716. The Kier molecular flexibility index (Phi) is 6.03.